The molecule has 5 heteroatoms. The number of ether oxygens (including phenoxy) is 1. The standard InChI is InChI=1S/C32H37N3O2/c1-4-33-17-19-34(20-18-33)32(36)21-29(26-13-9-24(2)10-14-26)30-23-35(31-8-6-5-7-28(30)31)22-25-11-15-27(37-3)16-12-25/h5-16,23,29H,4,17-22H2,1-3H3/t29-/m1/s1. The second kappa shape index (κ2) is 11.2. The lowest BCUT2D eigenvalue weighted by Gasteiger charge is -2.35. The number of aryl methyl sites for hydroxylation is 1. The quantitative estimate of drug-likeness (QED) is 0.315. The molecule has 4 aromatic rings. The number of carbonyl (C=O) groups is 1. The number of benzene rings is 3. The Morgan fingerprint density at radius 1 is 0.919 bits per heavy atom. The Kier molecular flexibility index (Phi) is 7.61. The predicted molar refractivity (Wildman–Crippen MR) is 150 cm³/mol. The Morgan fingerprint density at radius 3 is 2.30 bits per heavy atom. The Morgan fingerprint density at radius 2 is 1.62 bits per heavy atom. The average molecular weight is 496 g/mol. The van der Waals surface area contributed by atoms with Crippen molar-refractivity contribution >= 4 is 16.8 Å². The highest BCUT2D eigenvalue weighted by molar-refractivity contribution is 5.87. The minimum atomic E-state index is -0.000628. The minimum absolute atomic E-state index is 0.000628. The summed E-state index contributed by atoms with van der Waals surface area (Å²) in [7, 11) is 1.69. The molecule has 192 valence electrons. The number of fused-ring (bicyclic) bond motifs is 1. The van der Waals surface area contributed by atoms with Gasteiger partial charge in [0, 0.05) is 62.2 Å². The Hall–Kier alpha value is -3.57. The van der Waals surface area contributed by atoms with Crippen molar-refractivity contribution in [3.8, 4) is 5.75 Å². The maximum atomic E-state index is 13.6. The summed E-state index contributed by atoms with van der Waals surface area (Å²) >= 11 is 0. The normalized spacial score (nSPS) is 15.2. The number of amides is 1. The monoisotopic (exact) mass is 495 g/mol. The van der Waals surface area contributed by atoms with Gasteiger partial charge in [-0.1, -0.05) is 67.1 Å². The zero-order chi connectivity index (χ0) is 25.8. The van der Waals surface area contributed by atoms with Crippen LogP contribution in [0, 0.1) is 6.92 Å². The summed E-state index contributed by atoms with van der Waals surface area (Å²) in [6.07, 6.45) is 2.74. The molecule has 37 heavy (non-hydrogen) atoms. The Bertz CT molecular complexity index is 1330. The van der Waals surface area contributed by atoms with Crippen LogP contribution in [0.25, 0.3) is 10.9 Å². The summed E-state index contributed by atoms with van der Waals surface area (Å²) in [6.45, 7) is 9.64. The lowest BCUT2D eigenvalue weighted by atomic mass is 9.87. The van der Waals surface area contributed by atoms with E-state index >= 15 is 0 Å². The third-order valence-corrected chi connectivity index (χ3v) is 7.74. The number of para-hydroxylation sites is 1. The van der Waals surface area contributed by atoms with E-state index in [0.717, 1.165) is 45.0 Å². The first-order valence-electron chi connectivity index (χ1n) is 13.3. The van der Waals surface area contributed by atoms with Crippen LogP contribution in [0.2, 0.25) is 0 Å². The van der Waals surface area contributed by atoms with Crippen molar-refractivity contribution in [3.05, 3.63) is 101 Å². The molecule has 3 aromatic carbocycles. The fourth-order valence-corrected chi connectivity index (χ4v) is 5.43. The summed E-state index contributed by atoms with van der Waals surface area (Å²) in [5.74, 6) is 1.10. The van der Waals surface area contributed by atoms with Gasteiger partial charge in [-0.05, 0) is 48.4 Å². The number of methoxy groups -OCH3 is 1. The lowest BCUT2D eigenvalue weighted by molar-refractivity contribution is -0.133. The van der Waals surface area contributed by atoms with E-state index in [1.54, 1.807) is 7.11 Å². The largest absolute Gasteiger partial charge is 0.497 e. The van der Waals surface area contributed by atoms with Gasteiger partial charge in [0.25, 0.3) is 0 Å². The van der Waals surface area contributed by atoms with Gasteiger partial charge in [-0.15, -0.1) is 0 Å². The highest BCUT2D eigenvalue weighted by atomic mass is 16.5. The molecule has 1 amide bonds. The van der Waals surface area contributed by atoms with Gasteiger partial charge in [-0.3, -0.25) is 4.79 Å². The molecule has 1 aromatic heterocycles. The fourth-order valence-electron chi connectivity index (χ4n) is 5.43. The smallest absolute Gasteiger partial charge is 0.223 e. The molecular weight excluding hydrogens is 458 g/mol. The van der Waals surface area contributed by atoms with Gasteiger partial charge in [0.05, 0.1) is 7.11 Å². The SMILES string of the molecule is CCN1CCN(C(=O)C[C@H](c2ccc(C)cc2)c2cn(Cc3ccc(OC)cc3)c3ccccc23)CC1. The number of aromatic nitrogens is 1. The van der Waals surface area contributed by atoms with Crippen LogP contribution in [-0.4, -0.2) is 60.1 Å². The third kappa shape index (κ3) is 5.57. The molecule has 0 radical (unpaired) electrons. The molecule has 0 spiro atoms. The molecule has 1 aliphatic heterocycles. The van der Waals surface area contributed by atoms with Gasteiger partial charge >= 0.3 is 0 Å². The topological polar surface area (TPSA) is 37.7 Å². The molecule has 0 bridgehead atoms. The molecule has 1 fully saturated rings. The van der Waals surface area contributed by atoms with Crippen molar-refractivity contribution in [1.82, 2.24) is 14.4 Å². The van der Waals surface area contributed by atoms with Gasteiger partial charge in [0.1, 0.15) is 5.75 Å². The molecule has 5 nitrogen and oxygen atoms in total. The first kappa shape index (κ1) is 25.1. The van der Waals surface area contributed by atoms with Gasteiger partial charge in [0.2, 0.25) is 5.91 Å². The summed E-state index contributed by atoms with van der Waals surface area (Å²) in [5, 5.41) is 1.21. The van der Waals surface area contributed by atoms with Crippen molar-refractivity contribution in [2.75, 3.05) is 39.8 Å². The van der Waals surface area contributed by atoms with Gasteiger partial charge in [-0.25, -0.2) is 0 Å². The van der Waals surface area contributed by atoms with E-state index in [-0.39, 0.29) is 11.8 Å². The van der Waals surface area contributed by atoms with E-state index in [0.29, 0.717) is 6.42 Å². The molecule has 1 aliphatic rings. The molecule has 0 aliphatic carbocycles. The number of nitrogens with zero attached hydrogens (tertiary/aromatic N) is 3. The first-order chi connectivity index (χ1) is 18.1. The molecule has 0 N–H and O–H groups in total. The molecule has 1 saturated heterocycles. The van der Waals surface area contributed by atoms with E-state index in [1.807, 2.05) is 12.1 Å². The number of rotatable bonds is 8. The van der Waals surface area contributed by atoms with E-state index < -0.39 is 0 Å². The summed E-state index contributed by atoms with van der Waals surface area (Å²) in [4.78, 5) is 18.1. The van der Waals surface area contributed by atoms with Gasteiger partial charge in [-0.2, -0.15) is 0 Å². The number of hydrogen-bond acceptors (Lipinski definition) is 3. The summed E-state index contributed by atoms with van der Waals surface area (Å²) in [5.41, 5.74) is 6.04. The highest BCUT2D eigenvalue weighted by Crippen LogP contribution is 2.36. The Labute approximate surface area is 220 Å². The molecule has 5 rings (SSSR count). The van der Waals surface area contributed by atoms with Crippen molar-refractivity contribution in [3.63, 3.8) is 0 Å². The minimum Gasteiger partial charge on any atom is -0.497 e. The van der Waals surface area contributed by atoms with Crippen LogP contribution in [-0.2, 0) is 11.3 Å². The van der Waals surface area contributed by atoms with E-state index in [1.165, 1.54) is 33.2 Å². The first-order valence-corrected chi connectivity index (χ1v) is 13.3. The van der Waals surface area contributed by atoms with Crippen molar-refractivity contribution in [2.24, 2.45) is 0 Å². The second-order valence-corrected chi connectivity index (χ2v) is 10.1. The van der Waals surface area contributed by atoms with Crippen LogP contribution < -0.4 is 4.74 Å². The van der Waals surface area contributed by atoms with E-state index in [4.69, 9.17) is 4.74 Å². The summed E-state index contributed by atoms with van der Waals surface area (Å²) in [6, 6.07) is 25.5. The number of hydrogen-bond donors (Lipinski definition) is 0. The summed E-state index contributed by atoms with van der Waals surface area (Å²) < 4.78 is 7.65. The average Bonchev–Trinajstić information content (AvgIpc) is 3.30. The number of likely N-dealkylation sites (N-methyl/N-ethyl adjacent to an activating group) is 1. The van der Waals surface area contributed by atoms with Crippen LogP contribution in [0.3, 0.4) is 0 Å². The molecule has 0 saturated carbocycles. The lowest BCUT2D eigenvalue weighted by Crippen LogP contribution is -2.48. The zero-order valence-electron chi connectivity index (χ0n) is 22.2. The molecule has 2 heterocycles. The molecule has 1 atom stereocenters. The van der Waals surface area contributed by atoms with E-state index in [2.05, 4.69) is 95.1 Å². The van der Waals surface area contributed by atoms with Crippen LogP contribution >= 0.6 is 0 Å². The maximum absolute atomic E-state index is 13.6. The van der Waals surface area contributed by atoms with Crippen molar-refractivity contribution in [1.29, 1.82) is 0 Å². The Balaban J connectivity index is 1.49. The second-order valence-electron chi connectivity index (χ2n) is 10.1. The van der Waals surface area contributed by atoms with Crippen molar-refractivity contribution in [2.45, 2.75) is 32.7 Å². The maximum Gasteiger partial charge on any atom is 0.223 e. The van der Waals surface area contributed by atoms with Gasteiger partial charge in [0.15, 0.2) is 0 Å². The van der Waals surface area contributed by atoms with Crippen LogP contribution in [0.15, 0.2) is 79.0 Å². The number of piperazine rings is 1. The van der Waals surface area contributed by atoms with Crippen LogP contribution in [0.4, 0.5) is 0 Å². The van der Waals surface area contributed by atoms with Gasteiger partial charge < -0.3 is 19.1 Å². The third-order valence-electron chi connectivity index (χ3n) is 7.74. The predicted octanol–water partition coefficient (Wildman–Crippen LogP) is 5.69. The highest BCUT2D eigenvalue weighted by Gasteiger charge is 2.27. The van der Waals surface area contributed by atoms with E-state index in [9.17, 15) is 4.79 Å². The molecular formula is C32H37N3O2. The number of carbonyl (C=O) groups excluding carboxylic acids is 1. The zero-order valence-corrected chi connectivity index (χ0v) is 22.2. The van der Waals surface area contributed by atoms with Crippen LogP contribution in [0.1, 0.15) is 41.5 Å². The fraction of sp³-hybridized carbons (Fsp3) is 0.344. The van der Waals surface area contributed by atoms with Crippen LogP contribution in [0.5, 0.6) is 5.75 Å². The molecule has 0 unspecified atom stereocenters. The van der Waals surface area contributed by atoms with Crippen molar-refractivity contribution < 1.29 is 9.53 Å².